The molecule has 0 spiro atoms. The Hall–Kier alpha value is -1.78. The smallest absolute Gasteiger partial charge is 0.191 e. The number of aliphatic imine (C=N–C) groups is 1. The zero-order chi connectivity index (χ0) is 15.0. The lowest BCUT2D eigenvalue weighted by atomic mass is 10.2. The van der Waals surface area contributed by atoms with E-state index in [4.69, 9.17) is 10.5 Å². The Kier molecular flexibility index (Phi) is 6.84. The van der Waals surface area contributed by atoms with Gasteiger partial charge in [0.25, 0.3) is 0 Å². The first-order chi connectivity index (χ1) is 9.62. The van der Waals surface area contributed by atoms with Gasteiger partial charge in [-0.1, -0.05) is 19.1 Å². The number of rotatable bonds is 7. The largest absolute Gasteiger partial charge is 0.485 e. The second kappa shape index (κ2) is 8.40. The van der Waals surface area contributed by atoms with Crippen LogP contribution in [0.15, 0.2) is 29.3 Å². The number of nitrogens with two attached hydrogens (primary N) is 1. The number of ether oxygens (including phenoxy) is 1. The van der Waals surface area contributed by atoms with Crippen LogP contribution in [0.4, 0.5) is 4.39 Å². The fourth-order valence-electron chi connectivity index (χ4n) is 1.81. The van der Waals surface area contributed by atoms with Crippen molar-refractivity contribution < 1.29 is 9.13 Å². The van der Waals surface area contributed by atoms with E-state index in [9.17, 15) is 4.39 Å². The molecule has 0 aliphatic carbocycles. The molecule has 0 radical (unpaired) electrons. The van der Waals surface area contributed by atoms with E-state index < -0.39 is 0 Å². The Morgan fingerprint density at radius 3 is 2.50 bits per heavy atom. The SMILES string of the molecule is CCC(CN=C(N)N(CC)CC)Oc1ccccc1F. The van der Waals surface area contributed by atoms with E-state index in [1.54, 1.807) is 18.2 Å². The zero-order valence-corrected chi connectivity index (χ0v) is 12.5. The molecule has 0 saturated carbocycles. The third-order valence-electron chi connectivity index (χ3n) is 3.13. The van der Waals surface area contributed by atoms with E-state index in [1.807, 2.05) is 25.7 Å². The lowest BCUT2D eigenvalue weighted by Crippen LogP contribution is -2.38. The molecule has 5 heteroatoms. The lowest BCUT2D eigenvalue weighted by molar-refractivity contribution is 0.196. The molecule has 1 aromatic carbocycles. The molecule has 112 valence electrons. The Balaban J connectivity index is 2.64. The molecule has 2 N–H and O–H groups in total. The van der Waals surface area contributed by atoms with Crippen molar-refractivity contribution in [2.75, 3.05) is 19.6 Å². The van der Waals surface area contributed by atoms with Gasteiger partial charge in [0, 0.05) is 13.1 Å². The van der Waals surface area contributed by atoms with Crippen molar-refractivity contribution in [3.8, 4) is 5.75 Å². The fourth-order valence-corrected chi connectivity index (χ4v) is 1.81. The van der Waals surface area contributed by atoms with Crippen LogP contribution in [0.25, 0.3) is 0 Å². The van der Waals surface area contributed by atoms with Gasteiger partial charge in [-0.2, -0.15) is 0 Å². The van der Waals surface area contributed by atoms with Crippen LogP contribution >= 0.6 is 0 Å². The second-order valence-electron chi connectivity index (χ2n) is 4.45. The first-order valence-corrected chi connectivity index (χ1v) is 7.08. The molecule has 1 aromatic rings. The molecule has 1 rings (SSSR count). The summed E-state index contributed by atoms with van der Waals surface area (Å²) in [4.78, 5) is 6.30. The van der Waals surface area contributed by atoms with Gasteiger partial charge in [0.1, 0.15) is 6.10 Å². The number of para-hydroxylation sites is 1. The average Bonchev–Trinajstić information content (AvgIpc) is 2.46. The summed E-state index contributed by atoms with van der Waals surface area (Å²) in [6.45, 7) is 8.09. The highest BCUT2D eigenvalue weighted by Gasteiger charge is 2.11. The Morgan fingerprint density at radius 1 is 1.30 bits per heavy atom. The van der Waals surface area contributed by atoms with Gasteiger partial charge in [0.15, 0.2) is 17.5 Å². The number of hydrogen-bond acceptors (Lipinski definition) is 2. The van der Waals surface area contributed by atoms with Crippen LogP contribution in [0.5, 0.6) is 5.75 Å². The molecular formula is C15H24FN3O. The summed E-state index contributed by atoms with van der Waals surface area (Å²) in [6, 6.07) is 6.39. The average molecular weight is 281 g/mol. The molecule has 4 nitrogen and oxygen atoms in total. The maximum absolute atomic E-state index is 13.5. The molecule has 0 saturated heterocycles. The number of nitrogens with zero attached hydrogens (tertiary/aromatic N) is 2. The summed E-state index contributed by atoms with van der Waals surface area (Å²) in [5, 5.41) is 0. The van der Waals surface area contributed by atoms with Crippen LogP contribution in [0.1, 0.15) is 27.2 Å². The van der Waals surface area contributed by atoms with Crippen molar-refractivity contribution in [2.45, 2.75) is 33.3 Å². The van der Waals surface area contributed by atoms with E-state index in [2.05, 4.69) is 4.99 Å². The van der Waals surface area contributed by atoms with Crippen molar-refractivity contribution in [1.82, 2.24) is 4.90 Å². The minimum atomic E-state index is -0.355. The van der Waals surface area contributed by atoms with Crippen LogP contribution in [0, 0.1) is 5.82 Å². The number of halogens is 1. The minimum absolute atomic E-state index is 0.180. The predicted octanol–water partition coefficient (Wildman–Crippen LogP) is 2.64. The quantitative estimate of drug-likeness (QED) is 0.617. The molecule has 0 bridgehead atoms. The molecular weight excluding hydrogens is 257 g/mol. The third kappa shape index (κ3) is 4.72. The van der Waals surface area contributed by atoms with Crippen molar-refractivity contribution in [3.63, 3.8) is 0 Å². The van der Waals surface area contributed by atoms with Crippen molar-refractivity contribution in [3.05, 3.63) is 30.1 Å². The summed E-state index contributed by atoms with van der Waals surface area (Å²) in [5.41, 5.74) is 5.91. The van der Waals surface area contributed by atoms with E-state index in [1.165, 1.54) is 6.07 Å². The molecule has 1 unspecified atom stereocenters. The molecule has 20 heavy (non-hydrogen) atoms. The van der Waals surface area contributed by atoms with E-state index in [0.717, 1.165) is 19.5 Å². The molecule has 0 aromatic heterocycles. The van der Waals surface area contributed by atoms with Gasteiger partial charge in [-0.05, 0) is 32.4 Å². The van der Waals surface area contributed by atoms with Gasteiger partial charge in [0.2, 0.25) is 0 Å². The summed E-state index contributed by atoms with van der Waals surface area (Å²) in [6.07, 6.45) is 0.560. The number of guanidine groups is 1. The summed E-state index contributed by atoms with van der Waals surface area (Å²) in [7, 11) is 0. The van der Waals surface area contributed by atoms with Crippen LogP contribution in [-0.4, -0.2) is 36.6 Å². The summed E-state index contributed by atoms with van der Waals surface area (Å²) < 4.78 is 19.2. The van der Waals surface area contributed by atoms with Gasteiger partial charge in [-0.3, -0.25) is 0 Å². The predicted molar refractivity (Wildman–Crippen MR) is 80.5 cm³/mol. The summed E-state index contributed by atoms with van der Waals surface area (Å²) in [5.74, 6) is 0.410. The second-order valence-corrected chi connectivity index (χ2v) is 4.45. The molecule has 0 amide bonds. The normalized spacial score (nSPS) is 13.1. The Bertz CT molecular complexity index is 433. The first kappa shape index (κ1) is 16.3. The van der Waals surface area contributed by atoms with E-state index in [0.29, 0.717) is 12.5 Å². The van der Waals surface area contributed by atoms with Crippen molar-refractivity contribution in [2.24, 2.45) is 10.7 Å². The molecule has 0 fully saturated rings. The summed E-state index contributed by atoms with van der Waals surface area (Å²) >= 11 is 0. The zero-order valence-electron chi connectivity index (χ0n) is 12.5. The van der Waals surface area contributed by atoms with Gasteiger partial charge in [-0.15, -0.1) is 0 Å². The molecule has 0 heterocycles. The van der Waals surface area contributed by atoms with E-state index >= 15 is 0 Å². The number of benzene rings is 1. The maximum atomic E-state index is 13.5. The van der Waals surface area contributed by atoms with Crippen LogP contribution in [0.3, 0.4) is 0 Å². The molecule has 1 atom stereocenters. The monoisotopic (exact) mass is 281 g/mol. The highest BCUT2D eigenvalue weighted by atomic mass is 19.1. The van der Waals surface area contributed by atoms with Crippen LogP contribution in [-0.2, 0) is 0 Å². The standard InChI is InChI=1S/C15H24FN3O/c1-4-12(11-18-15(17)19(5-2)6-3)20-14-10-8-7-9-13(14)16/h7-10,12H,4-6,11H2,1-3H3,(H2,17,18). The highest BCUT2D eigenvalue weighted by molar-refractivity contribution is 5.78. The highest BCUT2D eigenvalue weighted by Crippen LogP contribution is 2.18. The maximum Gasteiger partial charge on any atom is 0.191 e. The van der Waals surface area contributed by atoms with Crippen LogP contribution in [0.2, 0.25) is 0 Å². The topological polar surface area (TPSA) is 50.8 Å². The first-order valence-electron chi connectivity index (χ1n) is 7.08. The molecule has 0 aliphatic rings. The number of hydrogen-bond donors (Lipinski definition) is 1. The fraction of sp³-hybridized carbons (Fsp3) is 0.533. The van der Waals surface area contributed by atoms with Gasteiger partial charge in [-0.25, -0.2) is 9.38 Å². The van der Waals surface area contributed by atoms with Crippen molar-refractivity contribution >= 4 is 5.96 Å². The molecule has 0 aliphatic heterocycles. The lowest BCUT2D eigenvalue weighted by Gasteiger charge is -2.21. The van der Waals surface area contributed by atoms with E-state index in [-0.39, 0.29) is 17.7 Å². The third-order valence-corrected chi connectivity index (χ3v) is 3.13. The Labute approximate surface area is 120 Å². The van der Waals surface area contributed by atoms with Gasteiger partial charge < -0.3 is 15.4 Å². The minimum Gasteiger partial charge on any atom is -0.485 e. The Morgan fingerprint density at radius 2 is 1.95 bits per heavy atom. The van der Waals surface area contributed by atoms with Gasteiger partial charge in [0.05, 0.1) is 6.54 Å². The van der Waals surface area contributed by atoms with Crippen molar-refractivity contribution in [1.29, 1.82) is 0 Å². The van der Waals surface area contributed by atoms with Crippen LogP contribution < -0.4 is 10.5 Å². The van der Waals surface area contributed by atoms with Gasteiger partial charge >= 0.3 is 0 Å².